The highest BCUT2D eigenvalue weighted by Crippen LogP contribution is 2.18. The Balaban J connectivity index is 2.35. The van der Waals surface area contributed by atoms with Crippen LogP contribution in [0.15, 0.2) is 0 Å². The summed E-state index contributed by atoms with van der Waals surface area (Å²) in [6.07, 6.45) is 0.550. The molecule has 13 heavy (non-hydrogen) atoms. The molecule has 0 spiro atoms. The van der Waals surface area contributed by atoms with Crippen LogP contribution in [0.2, 0.25) is 0 Å². The van der Waals surface area contributed by atoms with E-state index in [0.717, 1.165) is 0 Å². The van der Waals surface area contributed by atoms with Crippen LogP contribution in [-0.2, 0) is 9.59 Å². The maximum Gasteiger partial charge on any atom is 0.305 e. The zero-order valence-corrected chi connectivity index (χ0v) is 8.17. The van der Waals surface area contributed by atoms with Gasteiger partial charge in [-0.2, -0.15) is 12.6 Å². The van der Waals surface area contributed by atoms with E-state index < -0.39 is 5.97 Å². The molecule has 1 amide bonds. The van der Waals surface area contributed by atoms with Crippen LogP contribution in [0.3, 0.4) is 0 Å². The van der Waals surface area contributed by atoms with E-state index in [1.165, 1.54) is 0 Å². The Morgan fingerprint density at radius 3 is 2.85 bits per heavy atom. The molecule has 1 unspecified atom stereocenters. The molecule has 0 aromatic heterocycles. The zero-order chi connectivity index (χ0) is 9.84. The maximum absolute atomic E-state index is 11.3. The molecule has 1 N–H and O–H groups in total. The number of likely N-dealkylation sites (tertiary alicyclic amines) is 1. The summed E-state index contributed by atoms with van der Waals surface area (Å²) in [6, 6.07) is 0. The summed E-state index contributed by atoms with van der Waals surface area (Å²) >= 11 is 4.11. The van der Waals surface area contributed by atoms with Crippen LogP contribution in [0.25, 0.3) is 0 Å². The Morgan fingerprint density at radius 1 is 1.69 bits per heavy atom. The lowest BCUT2D eigenvalue weighted by Crippen LogP contribution is -2.27. The summed E-state index contributed by atoms with van der Waals surface area (Å²) in [7, 11) is 0. The van der Waals surface area contributed by atoms with Crippen LogP contribution in [0.1, 0.15) is 12.8 Å². The van der Waals surface area contributed by atoms with Gasteiger partial charge in [-0.1, -0.05) is 0 Å². The minimum absolute atomic E-state index is 0.0328. The number of hydrogen-bond acceptors (Lipinski definition) is 3. The van der Waals surface area contributed by atoms with Gasteiger partial charge in [0.15, 0.2) is 0 Å². The van der Waals surface area contributed by atoms with Crippen molar-refractivity contribution in [2.45, 2.75) is 12.8 Å². The Hall–Kier alpha value is -0.710. The van der Waals surface area contributed by atoms with Crippen LogP contribution in [-0.4, -0.2) is 40.7 Å². The van der Waals surface area contributed by atoms with Gasteiger partial charge < -0.3 is 10.0 Å². The van der Waals surface area contributed by atoms with Crippen molar-refractivity contribution in [1.82, 2.24) is 4.90 Å². The van der Waals surface area contributed by atoms with Gasteiger partial charge in [0.2, 0.25) is 5.91 Å². The van der Waals surface area contributed by atoms with E-state index in [1.807, 2.05) is 0 Å². The average Bonchev–Trinajstić information content (AvgIpc) is 2.43. The predicted octanol–water partition coefficient (Wildman–Crippen LogP) is 0.239. The van der Waals surface area contributed by atoms with E-state index in [1.54, 1.807) is 4.90 Å². The van der Waals surface area contributed by atoms with E-state index in [0.29, 0.717) is 31.2 Å². The molecule has 0 saturated carbocycles. The molecule has 0 aliphatic carbocycles. The Labute approximate surface area is 82.3 Å². The van der Waals surface area contributed by atoms with E-state index in [-0.39, 0.29) is 12.3 Å². The molecule has 1 saturated heterocycles. The van der Waals surface area contributed by atoms with Crippen molar-refractivity contribution in [2.24, 2.45) is 5.92 Å². The Kier molecular flexibility index (Phi) is 3.59. The lowest BCUT2D eigenvalue weighted by molar-refractivity contribution is -0.137. The molecule has 0 bridgehead atoms. The zero-order valence-electron chi connectivity index (χ0n) is 7.27. The largest absolute Gasteiger partial charge is 0.481 e. The molecule has 0 aromatic rings. The third kappa shape index (κ3) is 2.91. The second kappa shape index (κ2) is 4.50. The maximum atomic E-state index is 11.3. The normalized spacial score (nSPS) is 22.4. The van der Waals surface area contributed by atoms with Gasteiger partial charge in [0.05, 0.1) is 6.42 Å². The first-order chi connectivity index (χ1) is 6.13. The highest BCUT2D eigenvalue weighted by molar-refractivity contribution is 7.80. The monoisotopic (exact) mass is 203 g/mol. The van der Waals surface area contributed by atoms with E-state index in [2.05, 4.69) is 12.6 Å². The highest BCUT2D eigenvalue weighted by atomic mass is 32.1. The number of nitrogens with zero attached hydrogens (tertiary/aromatic N) is 1. The molecular formula is C8H13NO3S. The summed E-state index contributed by atoms with van der Waals surface area (Å²) < 4.78 is 0. The number of carboxylic acid groups (broad SMARTS) is 1. The molecule has 4 nitrogen and oxygen atoms in total. The third-order valence-electron chi connectivity index (χ3n) is 2.15. The number of hydrogen-bond donors (Lipinski definition) is 2. The topological polar surface area (TPSA) is 57.6 Å². The number of carbonyl (C=O) groups is 2. The molecule has 0 radical (unpaired) electrons. The molecule has 74 valence electrons. The molecule has 1 atom stereocenters. The van der Waals surface area contributed by atoms with Crippen molar-refractivity contribution in [1.29, 1.82) is 0 Å². The first kappa shape index (κ1) is 10.4. The van der Waals surface area contributed by atoms with Crippen molar-refractivity contribution in [3.63, 3.8) is 0 Å². The Bertz CT molecular complexity index is 219. The highest BCUT2D eigenvalue weighted by Gasteiger charge is 2.28. The van der Waals surface area contributed by atoms with Crippen molar-refractivity contribution in [2.75, 3.05) is 18.8 Å². The average molecular weight is 203 g/mol. The van der Waals surface area contributed by atoms with Crippen molar-refractivity contribution >= 4 is 24.5 Å². The van der Waals surface area contributed by atoms with Gasteiger partial charge in [-0.25, -0.2) is 0 Å². The minimum Gasteiger partial charge on any atom is -0.481 e. The molecule has 1 fully saturated rings. The molecule has 5 heteroatoms. The van der Waals surface area contributed by atoms with Gasteiger partial charge in [0.1, 0.15) is 0 Å². The molecule has 1 heterocycles. The number of thiol groups is 1. The molecular weight excluding hydrogens is 190 g/mol. The second-order valence-corrected chi connectivity index (χ2v) is 3.60. The summed E-state index contributed by atoms with van der Waals surface area (Å²) in [5, 5.41) is 8.43. The van der Waals surface area contributed by atoms with E-state index >= 15 is 0 Å². The van der Waals surface area contributed by atoms with E-state index in [4.69, 9.17) is 5.11 Å². The summed E-state index contributed by atoms with van der Waals surface area (Å²) in [5.41, 5.74) is 0. The number of rotatable bonds is 4. The van der Waals surface area contributed by atoms with Gasteiger partial charge in [0, 0.05) is 19.5 Å². The number of aliphatic carboxylic acids is 1. The van der Waals surface area contributed by atoms with Crippen LogP contribution in [0, 0.1) is 5.92 Å². The van der Waals surface area contributed by atoms with Gasteiger partial charge in [0.25, 0.3) is 0 Å². The standard InChI is InChI=1S/C8H13NO3S/c10-7-3-6(5-13)4-9(7)2-1-8(11)12/h6,13H,1-5H2,(H,11,12). The lowest BCUT2D eigenvalue weighted by atomic mass is 10.1. The van der Waals surface area contributed by atoms with Gasteiger partial charge in [-0.3, -0.25) is 9.59 Å². The lowest BCUT2D eigenvalue weighted by Gasteiger charge is -2.14. The quantitative estimate of drug-likeness (QED) is 0.643. The SMILES string of the molecule is O=C(O)CCN1CC(CS)CC1=O. The number of carbonyl (C=O) groups excluding carboxylic acids is 1. The fourth-order valence-electron chi connectivity index (χ4n) is 1.42. The van der Waals surface area contributed by atoms with Crippen molar-refractivity contribution in [3.8, 4) is 0 Å². The second-order valence-electron chi connectivity index (χ2n) is 3.24. The molecule has 1 aliphatic heterocycles. The van der Waals surface area contributed by atoms with Crippen LogP contribution < -0.4 is 0 Å². The molecule has 1 rings (SSSR count). The van der Waals surface area contributed by atoms with Gasteiger partial charge in [-0.05, 0) is 11.7 Å². The fourth-order valence-corrected chi connectivity index (χ4v) is 1.67. The molecule has 0 aromatic carbocycles. The number of amides is 1. The predicted molar refractivity (Wildman–Crippen MR) is 50.8 cm³/mol. The van der Waals surface area contributed by atoms with Crippen LogP contribution in [0.5, 0.6) is 0 Å². The Morgan fingerprint density at radius 2 is 2.38 bits per heavy atom. The van der Waals surface area contributed by atoms with E-state index in [9.17, 15) is 9.59 Å². The van der Waals surface area contributed by atoms with Gasteiger partial charge in [-0.15, -0.1) is 0 Å². The summed E-state index contributed by atoms with van der Waals surface area (Å²) in [5.74, 6) is 0.182. The summed E-state index contributed by atoms with van der Waals surface area (Å²) in [4.78, 5) is 23.1. The van der Waals surface area contributed by atoms with Gasteiger partial charge >= 0.3 is 5.97 Å². The van der Waals surface area contributed by atoms with Crippen LogP contribution in [0.4, 0.5) is 0 Å². The number of carboxylic acids is 1. The first-order valence-electron chi connectivity index (χ1n) is 4.24. The molecule has 1 aliphatic rings. The smallest absolute Gasteiger partial charge is 0.305 e. The van der Waals surface area contributed by atoms with Crippen molar-refractivity contribution in [3.05, 3.63) is 0 Å². The first-order valence-corrected chi connectivity index (χ1v) is 4.87. The van der Waals surface area contributed by atoms with Crippen molar-refractivity contribution < 1.29 is 14.7 Å². The summed E-state index contributed by atoms with van der Waals surface area (Å²) in [6.45, 7) is 0.994. The fraction of sp³-hybridized carbons (Fsp3) is 0.750. The minimum atomic E-state index is -0.859. The third-order valence-corrected chi connectivity index (χ3v) is 2.66. The van der Waals surface area contributed by atoms with Crippen LogP contribution >= 0.6 is 12.6 Å².